The van der Waals surface area contributed by atoms with Crippen molar-refractivity contribution in [3.63, 3.8) is 0 Å². The SMILES string of the molecule is CCn1ccc(CNCC(O)C(C)C)c1. The molecule has 0 spiro atoms. The standard InChI is InChI=1S/C12H22N2O/c1-4-14-6-5-11(9-14)7-13-8-12(15)10(2)3/h5-6,9-10,12-13,15H,4,7-8H2,1-3H3. The highest BCUT2D eigenvalue weighted by molar-refractivity contribution is 5.09. The number of aliphatic hydroxyl groups excluding tert-OH is 1. The van der Waals surface area contributed by atoms with Gasteiger partial charge in [-0.1, -0.05) is 13.8 Å². The van der Waals surface area contributed by atoms with Gasteiger partial charge in [0.2, 0.25) is 0 Å². The molecule has 0 aliphatic carbocycles. The van der Waals surface area contributed by atoms with Gasteiger partial charge in [-0.3, -0.25) is 0 Å². The van der Waals surface area contributed by atoms with Gasteiger partial charge in [-0.15, -0.1) is 0 Å². The molecule has 0 amide bonds. The number of nitrogens with one attached hydrogen (secondary N) is 1. The van der Waals surface area contributed by atoms with Crippen LogP contribution in [-0.4, -0.2) is 22.3 Å². The van der Waals surface area contributed by atoms with Crippen LogP contribution >= 0.6 is 0 Å². The number of aliphatic hydroxyl groups is 1. The first-order valence-electron chi connectivity index (χ1n) is 5.67. The molecule has 0 bridgehead atoms. The van der Waals surface area contributed by atoms with Gasteiger partial charge in [0.15, 0.2) is 0 Å². The van der Waals surface area contributed by atoms with Gasteiger partial charge in [0.1, 0.15) is 0 Å². The van der Waals surface area contributed by atoms with Crippen molar-refractivity contribution in [2.45, 2.75) is 40.0 Å². The summed E-state index contributed by atoms with van der Waals surface area (Å²) < 4.78 is 2.15. The second kappa shape index (κ2) is 5.93. The van der Waals surface area contributed by atoms with Crippen molar-refractivity contribution in [3.8, 4) is 0 Å². The summed E-state index contributed by atoms with van der Waals surface area (Å²) in [4.78, 5) is 0. The van der Waals surface area contributed by atoms with Crippen LogP contribution in [0.15, 0.2) is 18.5 Å². The quantitative estimate of drug-likeness (QED) is 0.748. The Kier molecular flexibility index (Phi) is 4.85. The minimum atomic E-state index is -0.252. The molecule has 1 aromatic heterocycles. The van der Waals surface area contributed by atoms with Gasteiger partial charge < -0.3 is 15.0 Å². The monoisotopic (exact) mass is 210 g/mol. The van der Waals surface area contributed by atoms with E-state index in [2.05, 4.69) is 35.3 Å². The summed E-state index contributed by atoms with van der Waals surface area (Å²) in [6, 6.07) is 2.11. The summed E-state index contributed by atoms with van der Waals surface area (Å²) in [5, 5.41) is 12.8. The van der Waals surface area contributed by atoms with Gasteiger partial charge in [0.05, 0.1) is 6.10 Å². The van der Waals surface area contributed by atoms with Crippen LogP contribution in [0.25, 0.3) is 0 Å². The van der Waals surface area contributed by atoms with Crippen LogP contribution in [0, 0.1) is 5.92 Å². The molecule has 0 radical (unpaired) electrons. The fourth-order valence-corrected chi connectivity index (χ4v) is 1.39. The topological polar surface area (TPSA) is 37.2 Å². The Labute approximate surface area is 92.1 Å². The third-order valence-electron chi connectivity index (χ3n) is 2.63. The van der Waals surface area contributed by atoms with E-state index in [0.29, 0.717) is 12.5 Å². The second-order valence-corrected chi connectivity index (χ2v) is 4.29. The van der Waals surface area contributed by atoms with E-state index in [4.69, 9.17) is 0 Å². The summed E-state index contributed by atoms with van der Waals surface area (Å²) in [7, 11) is 0. The minimum absolute atomic E-state index is 0.252. The van der Waals surface area contributed by atoms with Gasteiger partial charge in [0, 0.05) is 32.0 Å². The average Bonchev–Trinajstić information content (AvgIpc) is 2.65. The lowest BCUT2D eigenvalue weighted by Gasteiger charge is -2.14. The van der Waals surface area contributed by atoms with Crippen LogP contribution in [0.5, 0.6) is 0 Å². The highest BCUT2D eigenvalue weighted by Crippen LogP contribution is 2.02. The van der Waals surface area contributed by atoms with Crippen molar-refractivity contribution >= 4 is 0 Å². The van der Waals surface area contributed by atoms with Gasteiger partial charge in [-0.2, -0.15) is 0 Å². The highest BCUT2D eigenvalue weighted by atomic mass is 16.3. The van der Waals surface area contributed by atoms with E-state index in [1.165, 1.54) is 5.56 Å². The summed E-state index contributed by atoms with van der Waals surface area (Å²) in [5.74, 6) is 0.317. The molecule has 3 heteroatoms. The molecule has 1 heterocycles. The predicted octanol–water partition coefficient (Wildman–Crippen LogP) is 1.61. The number of nitrogens with zero attached hydrogens (tertiary/aromatic N) is 1. The molecule has 0 saturated carbocycles. The lowest BCUT2D eigenvalue weighted by Crippen LogP contribution is -2.30. The number of aromatic nitrogens is 1. The molecule has 0 fully saturated rings. The van der Waals surface area contributed by atoms with Crippen LogP contribution in [0.4, 0.5) is 0 Å². The molecular weight excluding hydrogens is 188 g/mol. The molecule has 1 unspecified atom stereocenters. The highest BCUT2D eigenvalue weighted by Gasteiger charge is 2.07. The molecule has 1 atom stereocenters. The van der Waals surface area contributed by atoms with E-state index < -0.39 is 0 Å². The second-order valence-electron chi connectivity index (χ2n) is 4.29. The molecule has 15 heavy (non-hydrogen) atoms. The van der Waals surface area contributed by atoms with Crippen molar-refractivity contribution in [3.05, 3.63) is 24.0 Å². The zero-order valence-electron chi connectivity index (χ0n) is 9.90. The Morgan fingerprint density at radius 1 is 1.47 bits per heavy atom. The van der Waals surface area contributed by atoms with E-state index in [0.717, 1.165) is 13.1 Å². The first-order chi connectivity index (χ1) is 7.13. The van der Waals surface area contributed by atoms with Crippen LogP contribution < -0.4 is 5.32 Å². The third-order valence-corrected chi connectivity index (χ3v) is 2.63. The molecule has 0 aromatic carbocycles. The molecule has 0 saturated heterocycles. The maximum Gasteiger partial charge on any atom is 0.0687 e. The van der Waals surface area contributed by atoms with E-state index in [1.54, 1.807) is 0 Å². The minimum Gasteiger partial charge on any atom is -0.392 e. The predicted molar refractivity (Wildman–Crippen MR) is 62.7 cm³/mol. The van der Waals surface area contributed by atoms with Crippen LogP contribution in [0.3, 0.4) is 0 Å². The maximum atomic E-state index is 9.59. The van der Waals surface area contributed by atoms with Crippen LogP contribution in [0.1, 0.15) is 26.3 Å². The summed E-state index contributed by atoms with van der Waals surface area (Å²) in [5.41, 5.74) is 1.27. The Morgan fingerprint density at radius 3 is 2.73 bits per heavy atom. The number of aryl methyl sites for hydroxylation is 1. The Morgan fingerprint density at radius 2 is 2.20 bits per heavy atom. The number of hydrogen-bond donors (Lipinski definition) is 2. The van der Waals surface area contributed by atoms with E-state index in [-0.39, 0.29) is 6.10 Å². The van der Waals surface area contributed by atoms with Crippen molar-refractivity contribution in [1.29, 1.82) is 0 Å². The van der Waals surface area contributed by atoms with E-state index in [1.807, 2.05) is 13.8 Å². The molecule has 86 valence electrons. The molecule has 1 aromatic rings. The Bertz CT molecular complexity index is 281. The van der Waals surface area contributed by atoms with Gasteiger partial charge >= 0.3 is 0 Å². The first kappa shape index (κ1) is 12.3. The smallest absolute Gasteiger partial charge is 0.0687 e. The molecule has 2 N–H and O–H groups in total. The average molecular weight is 210 g/mol. The molecule has 0 aliphatic rings. The lowest BCUT2D eigenvalue weighted by molar-refractivity contribution is 0.123. The van der Waals surface area contributed by atoms with Gasteiger partial charge in [-0.05, 0) is 24.5 Å². The van der Waals surface area contributed by atoms with Crippen molar-refractivity contribution in [2.75, 3.05) is 6.54 Å². The van der Waals surface area contributed by atoms with E-state index in [9.17, 15) is 5.11 Å². The summed E-state index contributed by atoms with van der Waals surface area (Å²) in [6.07, 6.45) is 3.96. The third kappa shape index (κ3) is 4.06. The molecule has 1 rings (SSSR count). The van der Waals surface area contributed by atoms with Crippen LogP contribution in [0.2, 0.25) is 0 Å². The fraction of sp³-hybridized carbons (Fsp3) is 0.667. The number of hydrogen-bond acceptors (Lipinski definition) is 2. The number of rotatable bonds is 6. The lowest BCUT2D eigenvalue weighted by atomic mass is 10.1. The summed E-state index contributed by atoms with van der Waals surface area (Å²) in [6.45, 7) is 8.68. The van der Waals surface area contributed by atoms with Crippen molar-refractivity contribution in [1.82, 2.24) is 9.88 Å². The molecular formula is C12H22N2O. The van der Waals surface area contributed by atoms with Crippen LogP contribution in [-0.2, 0) is 13.1 Å². The molecule has 3 nitrogen and oxygen atoms in total. The zero-order chi connectivity index (χ0) is 11.3. The van der Waals surface area contributed by atoms with E-state index >= 15 is 0 Å². The first-order valence-corrected chi connectivity index (χ1v) is 5.67. The van der Waals surface area contributed by atoms with Gasteiger partial charge in [0.25, 0.3) is 0 Å². The normalized spacial score (nSPS) is 13.4. The van der Waals surface area contributed by atoms with Crippen molar-refractivity contribution < 1.29 is 5.11 Å². The fourth-order valence-electron chi connectivity index (χ4n) is 1.39. The van der Waals surface area contributed by atoms with Gasteiger partial charge in [-0.25, -0.2) is 0 Å². The Balaban J connectivity index is 2.25. The zero-order valence-corrected chi connectivity index (χ0v) is 9.90. The molecule has 0 aliphatic heterocycles. The maximum absolute atomic E-state index is 9.59. The largest absolute Gasteiger partial charge is 0.392 e. The van der Waals surface area contributed by atoms with Crippen molar-refractivity contribution in [2.24, 2.45) is 5.92 Å². The summed E-state index contributed by atoms with van der Waals surface area (Å²) >= 11 is 0. The Hall–Kier alpha value is -0.800.